The summed E-state index contributed by atoms with van der Waals surface area (Å²) in [6.07, 6.45) is 1.90. The summed E-state index contributed by atoms with van der Waals surface area (Å²) in [4.78, 5) is 10.8. The van der Waals surface area contributed by atoms with Crippen molar-refractivity contribution in [3.05, 3.63) is 180 Å². The third-order valence-corrected chi connectivity index (χ3v) is 14.8. The van der Waals surface area contributed by atoms with E-state index in [9.17, 15) is 5.11 Å². The summed E-state index contributed by atoms with van der Waals surface area (Å²) in [5.74, 6) is 1.26. The zero-order valence-corrected chi connectivity index (χ0v) is 47.3. The van der Waals surface area contributed by atoms with Crippen LogP contribution < -0.4 is 0 Å². The van der Waals surface area contributed by atoms with E-state index in [2.05, 4.69) is 246 Å². The number of hydrogen-bond donors (Lipinski definition) is 1. The molecule has 7 aromatic carbocycles. The zero-order chi connectivity index (χ0) is 51.2. The van der Waals surface area contributed by atoms with Crippen LogP contribution in [0, 0.1) is 6.07 Å². The van der Waals surface area contributed by atoms with E-state index in [4.69, 9.17) is 9.97 Å². The first-order valence-corrected chi connectivity index (χ1v) is 25.7. The van der Waals surface area contributed by atoms with Crippen molar-refractivity contribution in [3.63, 3.8) is 0 Å². The molecule has 73 heavy (non-hydrogen) atoms. The summed E-state index contributed by atoms with van der Waals surface area (Å²) in [7, 11) is 2.17. The van der Waals surface area contributed by atoms with Crippen molar-refractivity contribution >= 4 is 32.8 Å². The van der Waals surface area contributed by atoms with Gasteiger partial charge in [0.15, 0.2) is 0 Å². The molecule has 1 N–H and O–H groups in total. The minimum absolute atomic E-state index is 0. The van der Waals surface area contributed by atoms with E-state index < -0.39 is 0 Å². The molecular weight excluding hydrogens is 1070 g/mol. The van der Waals surface area contributed by atoms with Crippen LogP contribution in [-0.4, -0.2) is 24.2 Å². The predicted molar refractivity (Wildman–Crippen MR) is 305 cm³/mol. The van der Waals surface area contributed by atoms with Crippen molar-refractivity contribution in [1.29, 1.82) is 0 Å². The molecule has 3 aromatic heterocycles. The van der Waals surface area contributed by atoms with Gasteiger partial charge in [-0.25, -0.2) is 4.98 Å². The van der Waals surface area contributed by atoms with E-state index in [-0.39, 0.29) is 54.9 Å². The van der Waals surface area contributed by atoms with E-state index >= 15 is 0 Å². The van der Waals surface area contributed by atoms with Gasteiger partial charge in [0.2, 0.25) is 0 Å². The molecule has 0 amide bonds. The number of aromatic hydroxyl groups is 1. The Balaban J connectivity index is 0.00000656. The molecule has 0 saturated carbocycles. The SMILES string of the molecule is CC(C)c1cc(-c2ccc3c4ccccc4n(C)c3c2)cc(C(C)C)c1-n1c(-c2cc(C(C)(C)C)cc(C(C)(C)C)c2O)nc2c(-c3[c-]c(-c4cc(-c5ccccc5)ccn4)cc(C(C)(C)C)c3)cccc21.[Pt]. The molecule has 5 nitrogen and oxygen atoms in total. The molecule has 0 atom stereocenters. The van der Waals surface area contributed by atoms with Crippen LogP contribution in [0.4, 0.5) is 0 Å². The Morgan fingerprint density at radius 2 is 1.12 bits per heavy atom. The van der Waals surface area contributed by atoms with Gasteiger partial charge in [-0.1, -0.05) is 186 Å². The number of rotatable bonds is 8. The summed E-state index contributed by atoms with van der Waals surface area (Å²) < 4.78 is 4.70. The van der Waals surface area contributed by atoms with Gasteiger partial charge in [-0.15, -0.1) is 29.3 Å². The van der Waals surface area contributed by atoms with Crippen LogP contribution >= 0.6 is 0 Å². The van der Waals surface area contributed by atoms with Crippen LogP contribution in [0.5, 0.6) is 5.75 Å². The molecule has 0 saturated heterocycles. The van der Waals surface area contributed by atoms with E-state index in [0.29, 0.717) is 5.82 Å². The van der Waals surface area contributed by atoms with Crippen LogP contribution in [0.15, 0.2) is 146 Å². The molecule has 10 rings (SSSR count). The molecule has 0 fully saturated rings. The Morgan fingerprint density at radius 1 is 0.521 bits per heavy atom. The molecule has 0 unspecified atom stereocenters. The number of imidazole rings is 1. The average Bonchev–Trinajstić information content (AvgIpc) is 3.87. The number of fused-ring (bicyclic) bond motifs is 4. The third-order valence-electron chi connectivity index (χ3n) is 14.8. The van der Waals surface area contributed by atoms with Crippen molar-refractivity contribution < 1.29 is 26.2 Å². The summed E-state index contributed by atoms with van der Waals surface area (Å²) in [5, 5.41) is 15.3. The second-order valence-electron chi connectivity index (χ2n) is 23.7. The largest absolute Gasteiger partial charge is 0.507 e. The van der Waals surface area contributed by atoms with Gasteiger partial charge in [0.25, 0.3) is 0 Å². The molecule has 0 aliphatic rings. The van der Waals surface area contributed by atoms with Crippen LogP contribution in [0.2, 0.25) is 0 Å². The first-order chi connectivity index (χ1) is 34.1. The Labute approximate surface area is 447 Å². The number of aryl methyl sites for hydroxylation is 1. The molecule has 0 aliphatic heterocycles. The fourth-order valence-electron chi connectivity index (χ4n) is 10.5. The quantitative estimate of drug-likeness (QED) is 0.154. The maximum Gasteiger partial charge on any atom is 0.148 e. The smallest absolute Gasteiger partial charge is 0.148 e. The number of phenols is 1. The molecule has 3 heterocycles. The molecule has 0 spiro atoms. The Morgan fingerprint density at radius 3 is 1.78 bits per heavy atom. The van der Waals surface area contributed by atoms with Gasteiger partial charge in [0.05, 0.1) is 22.3 Å². The van der Waals surface area contributed by atoms with Crippen molar-refractivity contribution in [2.45, 2.75) is 118 Å². The van der Waals surface area contributed by atoms with Crippen LogP contribution in [0.3, 0.4) is 0 Å². The minimum Gasteiger partial charge on any atom is -0.507 e. The van der Waals surface area contributed by atoms with Crippen molar-refractivity contribution in [2.75, 3.05) is 0 Å². The second-order valence-corrected chi connectivity index (χ2v) is 23.7. The first-order valence-electron chi connectivity index (χ1n) is 25.7. The second kappa shape index (κ2) is 19.1. The molecule has 0 radical (unpaired) electrons. The standard InChI is InChI=1S/C67H69N4O.Pt/c1-40(2)53-34-45(43-27-28-52-51-23-18-19-25-58(51)70(14)60(52)37-43)35-54(41(3)4)62(53)71-59-26-20-24-50(61(59)69-64(71)55-38-49(66(8,9)10)39-56(63(55)72)67(11,12)13)46-31-47(33-48(32-46)65(5,6)7)57-36-44(29-30-68-57)42-21-16-15-17-22-42;/h15-30,32-41,72H,1-14H3;/q-1;. The summed E-state index contributed by atoms with van der Waals surface area (Å²) >= 11 is 0. The maximum absolute atomic E-state index is 12.8. The Hall–Kier alpha value is -6.55. The molecule has 10 aromatic rings. The van der Waals surface area contributed by atoms with Gasteiger partial charge in [-0.05, 0) is 109 Å². The van der Waals surface area contributed by atoms with Crippen LogP contribution in [-0.2, 0) is 44.4 Å². The van der Waals surface area contributed by atoms with Crippen molar-refractivity contribution in [2.24, 2.45) is 7.05 Å². The van der Waals surface area contributed by atoms with Crippen LogP contribution in [0.1, 0.15) is 130 Å². The predicted octanol–water partition coefficient (Wildman–Crippen LogP) is 18.0. The Kier molecular flexibility index (Phi) is 13.4. The van der Waals surface area contributed by atoms with E-state index in [0.717, 1.165) is 66.9 Å². The van der Waals surface area contributed by atoms with Gasteiger partial charge in [0.1, 0.15) is 11.6 Å². The number of phenolic OH excluding ortho intramolecular Hbond substituents is 1. The molecule has 374 valence electrons. The topological polar surface area (TPSA) is 55.9 Å². The Bertz CT molecular complexity index is 3690. The summed E-state index contributed by atoms with van der Waals surface area (Å²) in [5.41, 5.74) is 19.4. The van der Waals surface area contributed by atoms with Crippen LogP contribution in [0.25, 0.3) is 94.6 Å². The van der Waals surface area contributed by atoms with E-state index in [1.807, 2.05) is 12.3 Å². The van der Waals surface area contributed by atoms with E-state index in [1.54, 1.807) is 0 Å². The summed E-state index contributed by atoms with van der Waals surface area (Å²) in [6, 6.07) is 54.5. The van der Waals surface area contributed by atoms with Gasteiger partial charge < -0.3 is 9.67 Å². The van der Waals surface area contributed by atoms with Gasteiger partial charge in [-0.3, -0.25) is 9.55 Å². The number of aromatic nitrogens is 4. The fraction of sp³-hybridized carbons (Fsp3) is 0.284. The fourth-order valence-corrected chi connectivity index (χ4v) is 10.5. The number of hydrogen-bond acceptors (Lipinski definition) is 3. The monoisotopic (exact) mass is 1140 g/mol. The minimum atomic E-state index is -0.341. The maximum atomic E-state index is 12.8. The molecular formula is C67H69N4OPt-. The van der Waals surface area contributed by atoms with Gasteiger partial charge >= 0.3 is 0 Å². The normalized spacial score (nSPS) is 12.4. The third kappa shape index (κ3) is 9.40. The average molecular weight is 1140 g/mol. The van der Waals surface area contributed by atoms with E-state index in [1.165, 1.54) is 49.6 Å². The van der Waals surface area contributed by atoms with Gasteiger partial charge in [0, 0.05) is 67.4 Å². The van der Waals surface area contributed by atoms with Crippen molar-refractivity contribution in [1.82, 2.24) is 19.1 Å². The number of benzene rings is 7. The zero-order valence-electron chi connectivity index (χ0n) is 45.1. The first kappa shape index (κ1) is 51.4. The number of pyridine rings is 1. The van der Waals surface area contributed by atoms with Gasteiger partial charge in [-0.2, -0.15) is 0 Å². The molecule has 6 heteroatoms. The number of para-hydroxylation sites is 2. The molecule has 0 bridgehead atoms. The van der Waals surface area contributed by atoms with Crippen molar-refractivity contribution in [3.8, 4) is 67.5 Å². The summed E-state index contributed by atoms with van der Waals surface area (Å²) in [6.45, 7) is 29.3. The molecule has 0 aliphatic carbocycles. The number of nitrogens with zero attached hydrogens (tertiary/aromatic N) is 4.